The summed E-state index contributed by atoms with van der Waals surface area (Å²) in [5, 5.41) is 2.52. The molecule has 0 aromatic heterocycles. The molecule has 0 spiro atoms. The number of hydrazine groups is 1. The van der Waals surface area contributed by atoms with E-state index in [1.807, 2.05) is 0 Å². The number of hydrogen-bond donors (Lipinski definition) is 4. The van der Waals surface area contributed by atoms with E-state index in [9.17, 15) is 14.4 Å². The first-order chi connectivity index (χ1) is 11.1. The van der Waals surface area contributed by atoms with Crippen LogP contribution in [-0.2, 0) is 14.3 Å². The van der Waals surface area contributed by atoms with Crippen molar-refractivity contribution in [1.82, 2.24) is 16.2 Å². The van der Waals surface area contributed by atoms with Gasteiger partial charge in [-0.05, 0) is 46.1 Å². The van der Waals surface area contributed by atoms with Crippen molar-refractivity contribution in [2.45, 2.75) is 71.9 Å². The Morgan fingerprint density at radius 2 is 1.67 bits per heavy atom. The molecule has 0 unspecified atom stereocenters. The van der Waals surface area contributed by atoms with E-state index < -0.39 is 23.6 Å². The van der Waals surface area contributed by atoms with E-state index in [2.05, 4.69) is 16.2 Å². The first-order valence-corrected chi connectivity index (χ1v) is 8.35. The van der Waals surface area contributed by atoms with E-state index in [-0.39, 0.29) is 11.8 Å². The standard InChI is InChI=1S/C16H32N4O4/c1-11(2)13(18-15(23)24-16(3,4)5)14(22)20-19-12(21)9-7-6-8-10-17/h11,13H,6-10,17H2,1-5H3,(H,18,23)(H,19,21)(H,20,22)/t13-/m1/s1. The van der Waals surface area contributed by atoms with Crippen LogP contribution in [-0.4, -0.2) is 36.1 Å². The monoisotopic (exact) mass is 344 g/mol. The number of ether oxygens (including phenoxy) is 1. The molecule has 8 heteroatoms. The first kappa shape index (κ1) is 22.2. The van der Waals surface area contributed by atoms with E-state index >= 15 is 0 Å². The molecule has 140 valence electrons. The van der Waals surface area contributed by atoms with Crippen LogP contribution >= 0.6 is 0 Å². The third-order valence-corrected chi connectivity index (χ3v) is 3.05. The van der Waals surface area contributed by atoms with Crippen molar-refractivity contribution in [2.24, 2.45) is 11.7 Å². The molecule has 0 aliphatic heterocycles. The Hall–Kier alpha value is -1.83. The molecule has 0 rings (SSSR count). The summed E-state index contributed by atoms with van der Waals surface area (Å²) < 4.78 is 5.14. The smallest absolute Gasteiger partial charge is 0.408 e. The molecule has 24 heavy (non-hydrogen) atoms. The van der Waals surface area contributed by atoms with Crippen molar-refractivity contribution in [3.8, 4) is 0 Å². The van der Waals surface area contributed by atoms with Crippen molar-refractivity contribution in [2.75, 3.05) is 6.54 Å². The van der Waals surface area contributed by atoms with Gasteiger partial charge in [0, 0.05) is 6.42 Å². The lowest BCUT2D eigenvalue weighted by Gasteiger charge is -2.25. The highest BCUT2D eigenvalue weighted by Crippen LogP contribution is 2.08. The van der Waals surface area contributed by atoms with Crippen molar-refractivity contribution in [1.29, 1.82) is 0 Å². The van der Waals surface area contributed by atoms with Gasteiger partial charge in [0.15, 0.2) is 0 Å². The van der Waals surface area contributed by atoms with Crippen LogP contribution in [0, 0.1) is 5.92 Å². The summed E-state index contributed by atoms with van der Waals surface area (Å²) >= 11 is 0. The second-order valence-corrected chi connectivity index (χ2v) is 7.00. The topological polar surface area (TPSA) is 123 Å². The number of unbranched alkanes of at least 4 members (excludes halogenated alkanes) is 2. The van der Waals surface area contributed by atoms with Crippen LogP contribution in [0.4, 0.5) is 4.79 Å². The molecule has 0 aromatic rings. The van der Waals surface area contributed by atoms with Gasteiger partial charge in [-0.25, -0.2) is 4.79 Å². The van der Waals surface area contributed by atoms with E-state index in [0.717, 1.165) is 12.8 Å². The van der Waals surface area contributed by atoms with Gasteiger partial charge >= 0.3 is 6.09 Å². The molecule has 1 atom stereocenters. The van der Waals surface area contributed by atoms with Gasteiger partial charge in [-0.3, -0.25) is 20.4 Å². The number of amides is 3. The summed E-state index contributed by atoms with van der Waals surface area (Å²) in [5.41, 5.74) is 9.42. The molecule has 0 aromatic carbocycles. The van der Waals surface area contributed by atoms with Crippen LogP contribution < -0.4 is 21.9 Å². The van der Waals surface area contributed by atoms with E-state index in [4.69, 9.17) is 10.5 Å². The number of hydrogen-bond acceptors (Lipinski definition) is 5. The number of carbonyl (C=O) groups excluding carboxylic acids is 3. The molecule has 0 aliphatic rings. The second kappa shape index (κ2) is 10.9. The maximum absolute atomic E-state index is 12.2. The third-order valence-electron chi connectivity index (χ3n) is 3.05. The zero-order valence-corrected chi connectivity index (χ0v) is 15.4. The number of nitrogens with two attached hydrogens (primary N) is 1. The fourth-order valence-electron chi connectivity index (χ4n) is 1.85. The van der Waals surface area contributed by atoms with E-state index in [1.165, 1.54) is 0 Å². The van der Waals surface area contributed by atoms with E-state index in [0.29, 0.717) is 19.4 Å². The molecule has 5 N–H and O–H groups in total. The molecule has 0 radical (unpaired) electrons. The molecule has 0 saturated heterocycles. The van der Waals surface area contributed by atoms with Gasteiger partial charge in [0.25, 0.3) is 5.91 Å². The summed E-state index contributed by atoms with van der Waals surface area (Å²) in [5.74, 6) is -0.940. The fourth-order valence-corrected chi connectivity index (χ4v) is 1.85. The summed E-state index contributed by atoms with van der Waals surface area (Å²) in [6.45, 7) is 9.39. The van der Waals surface area contributed by atoms with E-state index in [1.54, 1.807) is 34.6 Å². The number of nitrogens with one attached hydrogen (secondary N) is 3. The van der Waals surface area contributed by atoms with Crippen LogP contribution in [0.2, 0.25) is 0 Å². The van der Waals surface area contributed by atoms with Crippen LogP contribution in [0.3, 0.4) is 0 Å². The van der Waals surface area contributed by atoms with Gasteiger partial charge in [0.05, 0.1) is 0 Å². The maximum atomic E-state index is 12.2. The van der Waals surface area contributed by atoms with Crippen molar-refractivity contribution in [3.05, 3.63) is 0 Å². The van der Waals surface area contributed by atoms with Gasteiger partial charge in [-0.1, -0.05) is 20.3 Å². The Labute approximate surface area is 144 Å². The van der Waals surface area contributed by atoms with Gasteiger partial charge in [0.2, 0.25) is 5.91 Å². The largest absolute Gasteiger partial charge is 0.444 e. The molecule has 8 nitrogen and oxygen atoms in total. The van der Waals surface area contributed by atoms with Gasteiger partial charge in [-0.15, -0.1) is 0 Å². The Balaban J connectivity index is 4.34. The van der Waals surface area contributed by atoms with Crippen molar-refractivity contribution in [3.63, 3.8) is 0 Å². The summed E-state index contributed by atoms with van der Waals surface area (Å²) in [6.07, 6.45) is 2.08. The molecule has 0 fully saturated rings. The number of alkyl carbamates (subject to hydrolysis) is 1. The van der Waals surface area contributed by atoms with Gasteiger partial charge < -0.3 is 15.8 Å². The summed E-state index contributed by atoms with van der Waals surface area (Å²) in [7, 11) is 0. The highest BCUT2D eigenvalue weighted by molar-refractivity contribution is 5.88. The number of rotatable bonds is 8. The molecule has 0 bridgehead atoms. The Bertz CT molecular complexity index is 419. The summed E-state index contributed by atoms with van der Waals surface area (Å²) in [6, 6.07) is -0.808. The maximum Gasteiger partial charge on any atom is 0.408 e. The average Bonchev–Trinajstić information content (AvgIpc) is 2.44. The predicted octanol–water partition coefficient (Wildman–Crippen LogP) is 1.20. The van der Waals surface area contributed by atoms with Gasteiger partial charge in [0.1, 0.15) is 11.6 Å². The lowest BCUT2D eigenvalue weighted by molar-refractivity contribution is -0.130. The normalized spacial score (nSPS) is 12.5. The van der Waals surface area contributed by atoms with Crippen LogP contribution in [0.25, 0.3) is 0 Å². The Morgan fingerprint density at radius 1 is 1.04 bits per heavy atom. The number of carbonyl (C=O) groups is 3. The second-order valence-electron chi connectivity index (χ2n) is 7.00. The zero-order chi connectivity index (χ0) is 18.8. The van der Waals surface area contributed by atoms with Crippen LogP contribution in [0.15, 0.2) is 0 Å². The lowest BCUT2D eigenvalue weighted by atomic mass is 10.0. The highest BCUT2D eigenvalue weighted by atomic mass is 16.6. The molecule has 3 amide bonds. The third kappa shape index (κ3) is 10.8. The Morgan fingerprint density at radius 3 is 2.17 bits per heavy atom. The highest BCUT2D eigenvalue weighted by Gasteiger charge is 2.27. The molecule has 0 aliphatic carbocycles. The summed E-state index contributed by atoms with van der Waals surface area (Å²) in [4.78, 5) is 35.6. The van der Waals surface area contributed by atoms with Crippen molar-refractivity contribution < 1.29 is 19.1 Å². The molecular formula is C16H32N4O4. The SMILES string of the molecule is CC(C)[C@@H](NC(=O)OC(C)(C)C)C(=O)NNC(=O)CCCCCN. The molecular weight excluding hydrogens is 312 g/mol. The minimum absolute atomic E-state index is 0.168. The quantitative estimate of drug-likeness (QED) is 0.389. The van der Waals surface area contributed by atoms with Crippen LogP contribution in [0.5, 0.6) is 0 Å². The average molecular weight is 344 g/mol. The van der Waals surface area contributed by atoms with Crippen LogP contribution in [0.1, 0.15) is 60.3 Å². The Kier molecular flexibility index (Phi) is 10.0. The zero-order valence-electron chi connectivity index (χ0n) is 15.4. The van der Waals surface area contributed by atoms with Gasteiger partial charge in [-0.2, -0.15) is 0 Å². The first-order valence-electron chi connectivity index (χ1n) is 8.35. The minimum Gasteiger partial charge on any atom is -0.444 e. The lowest BCUT2D eigenvalue weighted by Crippen LogP contribution is -2.54. The molecule has 0 saturated carbocycles. The fraction of sp³-hybridized carbons (Fsp3) is 0.812. The predicted molar refractivity (Wildman–Crippen MR) is 91.8 cm³/mol. The molecule has 0 heterocycles. The minimum atomic E-state index is -0.808. The van der Waals surface area contributed by atoms with Crippen molar-refractivity contribution >= 4 is 17.9 Å².